The number of unbranched alkanes of at least 4 members (excludes halogenated alkanes) is 2. The van der Waals surface area contributed by atoms with E-state index >= 15 is 0 Å². The maximum Gasteiger partial charge on any atom is 0.255 e. The smallest absolute Gasteiger partial charge is 0.255 e. The first kappa shape index (κ1) is 14.5. The molecule has 0 fully saturated rings. The molecule has 1 amide bonds. The van der Waals surface area contributed by atoms with Gasteiger partial charge < -0.3 is 10.4 Å². The highest BCUT2D eigenvalue weighted by molar-refractivity contribution is 9.10. The van der Waals surface area contributed by atoms with Gasteiger partial charge in [0.05, 0.1) is 5.56 Å². The molecular formula is C12H15Br2NO2. The van der Waals surface area contributed by atoms with Gasteiger partial charge in [-0.05, 0) is 31.0 Å². The Morgan fingerprint density at radius 1 is 1.29 bits per heavy atom. The lowest BCUT2D eigenvalue weighted by Crippen LogP contribution is -2.24. The van der Waals surface area contributed by atoms with Crippen LogP contribution in [-0.2, 0) is 0 Å². The number of rotatable bonds is 6. The van der Waals surface area contributed by atoms with Gasteiger partial charge in [0.1, 0.15) is 5.75 Å². The van der Waals surface area contributed by atoms with E-state index in [1.807, 2.05) is 0 Å². The van der Waals surface area contributed by atoms with Crippen molar-refractivity contribution in [3.63, 3.8) is 0 Å². The molecule has 3 nitrogen and oxygen atoms in total. The van der Waals surface area contributed by atoms with Crippen LogP contribution in [0.15, 0.2) is 22.7 Å². The van der Waals surface area contributed by atoms with Crippen molar-refractivity contribution in [3.05, 3.63) is 28.2 Å². The number of carbonyl (C=O) groups is 1. The number of benzene rings is 1. The second kappa shape index (κ2) is 7.71. The summed E-state index contributed by atoms with van der Waals surface area (Å²) >= 11 is 6.59. The summed E-state index contributed by atoms with van der Waals surface area (Å²) in [5, 5.41) is 13.4. The molecule has 0 unspecified atom stereocenters. The third-order valence-electron chi connectivity index (χ3n) is 2.30. The first-order valence-corrected chi connectivity index (χ1v) is 7.39. The minimum Gasteiger partial charge on any atom is -0.507 e. The van der Waals surface area contributed by atoms with Gasteiger partial charge in [0, 0.05) is 16.3 Å². The van der Waals surface area contributed by atoms with Gasteiger partial charge in [-0.2, -0.15) is 0 Å². The number of amides is 1. The summed E-state index contributed by atoms with van der Waals surface area (Å²) < 4.78 is 0.754. The third-order valence-corrected chi connectivity index (χ3v) is 3.35. The van der Waals surface area contributed by atoms with Crippen LogP contribution in [0, 0.1) is 0 Å². The van der Waals surface area contributed by atoms with Crippen LogP contribution < -0.4 is 5.32 Å². The highest BCUT2D eigenvalue weighted by atomic mass is 79.9. The number of nitrogens with one attached hydrogen (secondary N) is 1. The average molecular weight is 365 g/mol. The lowest BCUT2D eigenvalue weighted by molar-refractivity contribution is 0.0950. The van der Waals surface area contributed by atoms with Crippen molar-refractivity contribution in [1.29, 1.82) is 0 Å². The molecule has 5 heteroatoms. The highest BCUT2D eigenvalue weighted by Gasteiger charge is 2.10. The molecule has 2 N–H and O–H groups in total. The van der Waals surface area contributed by atoms with Gasteiger partial charge in [-0.3, -0.25) is 4.79 Å². The van der Waals surface area contributed by atoms with E-state index in [9.17, 15) is 9.90 Å². The second-order valence-corrected chi connectivity index (χ2v) is 5.38. The summed E-state index contributed by atoms with van der Waals surface area (Å²) in [5.74, 6) is -0.230. The SMILES string of the molecule is O=C(NCCCCCBr)c1ccc(Br)cc1O. The van der Waals surface area contributed by atoms with Crippen LogP contribution in [0.25, 0.3) is 0 Å². The fourth-order valence-electron chi connectivity index (χ4n) is 1.39. The Kier molecular flexibility index (Phi) is 6.58. The number of hydrogen-bond donors (Lipinski definition) is 2. The minimum absolute atomic E-state index is 0.00247. The van der Waals surface area contributed by atoms with E-state index in [-0.39, 0.29) is 11.7 Å². The Labute approximate surface area is 118 Å². The van der Waals surface area contributed by atoms with Gasteiger partial charge >= 0.3 is 0 Å². The molecule has 94 valence electrons. The largest absolute Gasteiger partial charge is 0.507 e. The first-order chi connectivity index (χ1) is 8.15. The molecule has 0 heterocycles. The zero-order valence-electron chi connectivity index (χ0n) is 9.38. The van der Waals surface area contributed by atoms with Gasteiger partial charge in [0.2, 0.25) is 0 Å². The van der Waals surface area contributed by atoms with Crippen LogP contribution in [0.4, 0.5) is 0 Å². The Balaban J connectivity index is 2.42. The van der Waals surface area contributed by atoms with Crippen LogP contribution in [0.5, 0.6) is 5.75 Å². The molecule has 0 saturated heterocycles. The molecule has 0 bridgehead atoms. The van der Waals surface area contributed by atoms with Crippen molar-refractivity contribution >= 4 is 37.8 Å². The topological polar surface area (TPSA) is 49.3 Å². The zero-order valence-corrected chi connectivity index (χ0v) is 12.6. The maximum absolute atomic E-state index is 11.7. The molecule has 0 aliphatic carbocycles. The number of halogens is 2. The number of phenols is 1. The van der Waals surface area contributed by atoms with Crippen molar-refractivity contribution in [1.82, 2.24) is 5.32 Å². The first-order valence-electron chi connectivity index (χ1n) is 5.48. The van der Waals surface area contributed by atoms with Crippen LogP contribution >= 0.6 is 31.9 Å². The van der Waals surface area contributed by atoms with E-state index in [0.717, 1.165) is 29.1 Å². The molecule has 0 aliphatic heterocycles. The quantitative estimate of drug-likeness (QED) is 0.600. The van der Waals surface area contributed by atoms with Gasteiger partial charge in [-0.1, -0.05) is 38.3 Å². The fourth-order valence-corrected chi connectivity index (χ4v) is 2.14. The van der Waals surface area contributed by atoms with Gasteiger partial charge in [-0.15, -0.1) is 0 Å². The Morgan fingerprint density at radius 2 is 2.06 bits per heavy atom. The molecule has 0 radical (unpaired) electrons. The summed E-state index contributed by atoms with van der Waals surface area (Å²) in [7, 11) is 0. The molecular weight excluding hydrogens is 350 g/mol. The van der Waals surface area contributed by atoms with Gasteiger partial charge in [0.15, 0.2) is 0 Å². The minimum atomic E-state index is -0.228. The van der Waals surface area contributed by atoms with Crippen LogP contribution in [0.3, 0.4) is 0 Å². The van der Waals surface area contributed by atoms with Crippen LogP contribution in [0.2, 0.25) is 0 Å². The van der Waals surface area contributed by atoms with E-state index in [1.54, 1.807) is 12.1 Å². The summed E-state index contributed by atoms with van der Waals surface area (Å²) in [6.45, 7) is 0.640. The molecule has 0 spiro atoms. The predicted molar refractivity (Wildman–Crippen MR) is 75.8 cm³/mol. The summed E-state index contributed by atoms with van der Waals surface area (Å²) in [5.41, 5.74) is 0.314. The molecule has 0 aromatic heterocycles. The normalized spacial score (nSPS) is 10.2. The van der Waals surface area contributed by atoms with Crippen molar-refractivity contribution in [3.8, 4) is 5.75 Å². The maximum atomic E-state index is 11.7. The van der Waals surface area contributed by atoms with Crippen molar-refractivity contribution < 1.29 is 9.90 Å². The summed E-state index contributed by atoms with van der Waals surface area (Å²) in [4.78, 5) is 11.7. The Bertz CT molecular complexity index is 383. The second-order valence-electron chi connectivity index (χ2n) is 3.67. The Hall–Kier alpha value is -0.550. The summed E-state index contributed by atoms with van der Waals surface area (Å²) in [6.07, 6.45) is 3.14. The van der Waals surface area contributed by atoms with E-state index in [1.165, 1.54) is 6.07 Å². The van der Waals surface area contributed by atoms with Crippen molar-refractivity contribution in [2.45, 2.75) is 19.3 Å². The molecule has 1 aromatic rings. The van der Waals surface area contributed by atoms with Gasteiger partial charge in [0.25, 0.3) is 5.91 Å². The van der Waals surface area contributed by atoms with E-state index in [4.69, 9.17) is 0 Å². The van der Waals surface area contributed by atoms with E-state index in [0.29, 0.717) is 12.1 Å². The third kappa shape index (κ3) is 5.08. The monoisotopic (exact) mass is 363 g/mol. The molecule has 17 heavy (non-hydrogen) atoms. The molecule has 1 rings (SSSR count). The van der Waals surface area contributed by atoms with E-state index in [2.05, 4.69) is 37.2 Å². The zero-order chi connectivity index (χ0) is 12.7. The molecule has 1 aromatic carbocycles. The molecule has 0 saturated carbocycles. The number of phenolic OH excluding ortho intramolecular Hbond substituents is 1. The number of aromatic hydroxyl groups is 1. The van der Waals surface area contributed by atoms with Gasteiger partial charge in [-0.25, -0.2) is 0 Å². The Morgan fingerprint density at radius 3 is 2.71 bits per heavy atom. The average Bonchev–Trinajstić information content (AvgIpc) is 2.28. The standard InChI is InChI=1S/C12H15Br2NO2/c13-6-2-1-3-7-15-12(17)10-5-4-9(14)8-11(10)16/h4-5,8,16H,1-3,6-7H2,(H,15,17). The van der Waals surface area contributed by atoms with Crippen molar-refractivity contribution in [2.24, 2.45) is 0 Å². The van der Waals surface area contributed by atoms with E-state index < -0.39 is 0 Å². The molecule has 0 aliphatic rings. The summed E-state index contributed by atoms with van der Waals surface area (Å²) in [6, 6.07) is 4.85. The number of carbonyl (C=O) groups excluding carboxylic acids is 1. The lowest BCUT2D eigenvalue weighted by Gasteiger charge is -2.06. The molecule has 0 atom stereocenters. The fraction of sp³-hybridized carbons (Fsp3) is 0.417. The predicted octanol–water partition coefficient (Wildman–Crippen LogP) is 3.45. The van der Waals surface area contributed by atoms with Crippen molar-refractivity contribution in [2.75, 3.05) is 11.9 Å². The number of alkyl halides is 1. The van der Waals surface area contributed by atoms with Crippen LogP contribution in [-0.4, -0.2) is 22.9 Å². The number of hydrogen-bond acceptors (Lipinski definition) is 2. The highest BCUT2D eigenvalue weighted by Crippen LogP contribution is 2.21. The lowest BCUT2D eigenvalue weighted by atomic mass is 10.2. The van der Waals surface area contributed by atoms with Crippen LogP contribution in [0.1, 0.15) is 29.6 Å².